The summed E-state index contributed by atoms with van der Waals surface area (Å²) >= 11 is 0. The molecule has 0 N–H and O–H groups in total. The fraction of sp³-hybridized carbons (Fsp3) is 0.265. The van der Waals surface area contributed by atoms with Crippen LogP contribution in [0.3, 0.4) is 0 Å². The summed E-state index contributed by atoms with van der Waals surface area (Å²) in [6, 6.07) is 41.8. The van der Waals surface area contributed by atoms with Gasteiger partial charge in [0.1, 0.15) is 5.82 Å². The molecule has 0 fully saturated rings. The number of anilines is 4. The Bertz CT molecular complexity index is 2660. The van der Waals surface area contributed by atoms with Crippen LogP contribution in [0, 0.1) is 25.7 Å². The number of ether oxygens (including phenoxy) is 1. The van der Waals surface area contributed by atoms with E-state index in [4.69, 9.17) is 13.8 Å². The van der Waals surface area contributed by atoms with Crippen LogP contribution in [0.25, 0.3) is 27.6 Å². The van der Waals surface area contributed by atoms with Gasteiger partial charge in [0.2, 0.25) is 0 Å². The van der Waals surface area contributed by atoms with E-state index in [0.717, 1.165) is 50.1 Å². The third-order valence-electron chi connectivity index (χ3n) is 10.3. The largest absolute Gasteiger partial charge is 0.509 e. The first-order chi connectivity index (χ1) is 26.8. The van der Waals surface area contributed by atoms with Gasteiger partial charge in [-0.1, -0.05) is 98.2 Å². The molecule has 0 saturated heterocycles. The minimum Gasteiger partial charge on any atom is -0.509 e. The minimum atomic E-state index is -2.26. The summed E-state index contributed by atoms with van der Waals surface area (Å²) in [6.45, 7) is 19.8. The molecule has 55 heavy (non-hydrogen) atoms. The molecule has 0 aliphatic carbocycles. The van der Waals surface area contributed by atoms with Crippen molar-refractivity contribution in [1.29, 1.82) is 0 Å². The van der Waals surface area contributed by atoms with E-state index < -0.39 is 6.85 Å². The summed E-state index contributed by atoms with van der Waals surface area (Å²) < 4.78 is 33.0. The van der Waals surface area contributed by atoms with E-state index in [0.29, 0.717) is 17.3 Å². The zero-order valence-corrected chi connectivity index (χ0v) is 35.3. The van der Waals surface area contributed by atoms with Crippen molar-refractivity contribution in [3.63, 3.8) is 0 Å². The van der Waals surface area contributed by atoms with Crippen molar-refractivity contribution >= 4 is 44.6 Å². The molecule has 2 aromatic heterocycles. The van der Waals surface area contributed by atoms with Gasteiger partial charge in [-0.25, -0.2) is 4.98 Å². The quantitative estimate of drug-likeness (QED) is 0.161. The second-order valence-electron chi connectivity index (χ2n) is 17.4. The molecule has 5 aromatic carbocycles. The minimum absolute atomic E-state index is 0. The van der Waals surface area contributed by atoms with Crippen molar-refractivity contribution in [2.75, 3.05) is 9.80 Å². The molecule has 7 aromatic rings. The van der Waals surface area contributed by atoms with Crippen LogP contribution in [-0.4, -0.2) is 9.55 Å². The number of hydrogen-bond donors (Lipinski definition) is 0. The Balaban J connectivity index is 0.00000512. The smallest absolute Gasteiger partial charge is 0.135 e. The second-order valence-corrected chi connectivity index (χ2v) is 17.4. The van der Waals surface area contributed by atoms with Crippen molar-refractivity contribution in [3.05, 3.63) is 150 Å². The summed E-state index contributed by atoms with van der Waals surface area (Å²) in [5.41, 5.74) is 9.35. The number of benzene rings is 5. The van der Waals surface area contributed by atoms with Crippen LogP contribution in [0.5, 0.6) is 11.5 Å². The van der Waals surface area contributed by atoms with E-state index in [1.807, 2.05) is 53.2 Å². The first-order valence-electron chi connectivity index (χ1n) is 20.1. The number of pyridine rings is 1. The van der Waals surface area contributed by atoms with Gasteiger partial charge in [-0.3, -0.25) is 0 Å². The SMILES string of the molecule is [2H]C([2H])([2H])c1ccc2c3ccc(Oc4[c-]c(N5[CH-]N(c6cccc(C(C)(C)C)c6)c6cc(C(C)(C)C)ccc65)ccc4)[c-]c3n(-c3cc(C(C)(C)C)ccn3)c2c1.[Pt]. The fourth-order valence-electron chi connectivity index (χ4n) is 7.13. The van der Waals surface area contributed by atoms with Gasteiger partial charge in [0.25, 0.3) is 0 Å². The number of aromatic nitrogens is 2. The van der Waals surface area contributed by atoms with Crippen molar-refractivity contribution in [2.24, 2.45) is 0 Å². The molecule has 5 nitrogen and oxygen atoms in total. The first kappa shape index (κ1) is 34.6. The number of nitrogens with zero attached hydrogens (tertiary/aromatic N) is 4. The number of hydrogen-bond acceptors (Lipinski definition) is 4. The molecule has 0 spiro atoms. The average molecular weight is 908 g/mol. The monoisotopic (exact) mass is 907 g/mol. The van der Waals surface area contributed by atoms with Gasteiger partial charge >= 0.3 is 0 Å². The summed E-state index contributed by atoms with van der Waals surface area (Å²) in [5.74, 6) is 1.73. The summed E-state index contributed by atoms with van der Waals surface area (Å²) in [5, 5.41) is 1.83. The zero-order valence-electron chi connectivity index (χ0n) is 36.0. The normalized spacial score (nSPS) is 14.4. The van der Waals surface area contributed by atoms with E-state index in [-0.39, 0.29) is 42.9 Å². The van der Waals surface area contributed by atoms with E-state index in [2.05, 4.69) is 139 Å². The topological polar surface area (TPSA) is 33.5 Å². The van der Waals surface area contributed by atoms with Crippen LogP contribution in [-0.2, 0) is 37.3 Å². The second kappa shape index (κ2) is 14.0. The Kier molecular flexibility index (Phi) is 8.82. The summed E-state index contributed by atoms with van der Waals surface area (Å²) in [4.78, 5) is 9.21. The molecule has 8 rings (SSSR count). The van der Waals surface area contributed by atoms with Crippen LogP contribution in [0.2, 0.25) is 0 Å². The molecule has 0 saturated carbocycles. The van der Waals surface area contributed by atoms with Gasteiger partial charge in [-0.05, 0) is 93.2 Å². The first-order valence-corrected chi connectivity index (χ1v) is 18.6. The molecule has 0 bridgehead atoms. The van der Waals surface area contributed by atoms with E-state index in [1.165, 1.54) is 11.1 Å². The number of fused-ring (bicyclic) bond motifs is 4. The Morgan fingerprint density at radius 2 is 1.33 bits per heavy atom. The average Bonchev–Trinajstić information content (AvgIpc) is 3.69. The molecule has 0 atom stereocenters. The van der Waals surface area contributed by atoms with E-state index >= 15 is 0 Å². The fourth-order valence-corrected chi connectivity index (χ4v) is 7.13. The van der Waals surface area contributed by atoms with Crippen molar-refractivity contribution < 1.29 is 29.9 Å². The Morgan fingerprint density at radius 1 is 0.636 bits per heavy atom. The maximum atomic E-state index is 8.14. The van der Waals surface area contributed by atoms with Gasteiger partial charge in [0, 0.05) is 65.5 Å². The molecule has 0 radical (unpaired) electrons. The molecule has 1 aliphatic rings. The molecular formula is C49H49N4OPt-3. The van der Waals surface area contributed by atoms with Gasteiger partial charge in [-0.15, -0.1) is 48.1 Å². The van der Waals surface area contributed by atoms with Crippen molar-refractivity contribution in [1.82, 2.24) is 9.55 Å². The summed E-state index contributed by atoms with van der Waals surface area (Å²) in [7, 11) is 0. The van der Waals surface area contributed by atoms with Gasteiger partial charge in [0.15, 0.2) is 0 Å². The van der Waals surface area contributed by atoms with Crippen LogP contribution >= 0.6 is 0 Å². The Morgan fingerprint density at radius 3 is 2.07 bits per heavy atom. The molecule has 284 valence electrons. The zero-order chi connectivity index (χ0) is 40.7. The standard InChI is InChI=1S/C49H49N4O.Pt/c1-32-17-20-40-41-21-19-39(30-44(41)53(43(40)25-32)46-28-35(23-24-50-46)49(8,9)10)54-38-16-12-15-37(29-38)51-31-52(36-14-11-13-33(26-36)47(2,3)4)45-27-34(48(5,6)7)18-22-42(45)51;/h11-28,31H,1-10H3;/q-3;/i1D3;. The maximum Gasteiger partial charge on any atom is 0.135 e. The Labute approximate surface area is 345 Å². The molecule has 0 amide bonds. The van der Waals surface area contributed by atoms with E-state index in [1.54, 1.807) is 12.1 Å². The molecule has 0 unspecified atom stereocenters. The van der Waals surface area contributed by atoms with Crippen molar-refractivity contribution in [2.45, 2.75) is 85.4 Å². The van der Waals surface area contributed by atoms with E-state index in [9.17, 15) is 0 Å². The predicted octanol–water partition coefficient (Wildman–Crippen LogP) is 13.2. The molecular weight excluding hydrogens is 856 g/mol. The van der Waals surface area contributed by atoms with Gasteiger partial charge in [0.05, 0.1) is 0 Å². The molecule has 1 aliphatic heterocycles. The molecule has 3 heterocycles. The third-order valence-corrected chi connectivity index (χ3v) is 10.3. The Hall–Kier alpha value is -4.86. The molecule has 6 heteroatoms. The van der Waals surface area contributed by atoms with Crippen LogP contribution in [0.15, 0.2) is 109 Å². The third kappa shape index (κ3) is 7.32. The van der Waals surface area contributed by atoms with Gasteiger partial charge < -0.3 is 19.1 Å². The van der Waals surface area contributed by atoms with Crippen LogP contribution in [0.4, 0.5) is 22.7 Å². The summed E-state index contributed by atoms with van der Waals surface area (Å²) in [6.07, 6.45) is 1.81. The number of rotatable bonds is 5. The van der Waals surface area contributed by atoms with Gasteiger partial charge in [-0.2, -0.15) is 12.1 Å². The van der Waals surface area contributed by atoms with Crippen LogP contribution in [0.1, 0.15) is 88.7 Å². The van der Waals surface area contributed by atoms with Crippen molar-refractivity contribution in [3.8, 4) is 17.3 Å². The number of aryl methyl sites for hydroxylation is 1. The predicted molar refractivity (Wildman–Crippen MR) is 225 cm³/mol. The maximum absolute atomic E-state index is 8.14. The van der Waals surface area contributed by atoms with Crippen LogP contribution < -0.4 is 14.5 Å².